The predicted molar refractivity (Wildman–Crippen MR) is 93.6 cm³/mol. The first-order chi connectivity index (χ1) is 12.1. The summed E-state index contributed by atoms with van der Waals surface area (Å²) in [5, 5.41) is 11.3. The van der Waals surface area contributed by atoms with Gasteiger partial charge >= 0.3 is 0 Å². The fourth-order valence-electron chi connectivity index (χ4n) is 4.35. The first-order valence-electron chi connectivity index (χ1n) is 9.00. The molecule has 7 heteroatoms. The molecule has 1 amide bonds. The number of carbonyl (C=O) groups excluding carboxylic acids is 1. The van der Waals surface area contributed by atoms with E-state index >= 15 is 0 Å². The number of likely N-dealkylation sites (tertiary alicyclic amines) is 2. The molecule has 25 heavy (non-hydrogen) atoms. The van der Waals surface area contributed by atoms with Crippen molar-refractivity contribution >= 4 is 5.91 Å². The molecule has 4 rings (SSSR count). The topological polar surface area (TPSA) is 67.2 Å². The molecule has 0 radical (unpaired) electrons. The molecule has 0 unspecified atom stereocenters. The largest absolute Gasteiger partial charge is 0.334 e. The van der Waals surface area contributed by atoms with Crippen molar-refractivity contribution in [3.05, 3.63) is 35.7 Å². The van der Waals surface area contributed by atoms with Gasteiger partial charge in [0.1, 0.15) is 6.33 Å². The van der Waals surface area contributed by atoms with Crippen LogP contribution in [0.5, 0.6) is 0 Å². The Labute approximate surface area is 147 Å². The number of hydrogen-bond acceptors (Lipinski definition) is 5. The number of carbonyl (C=O) groups is 1. The molecule has 132 valence electrons. The highest BCUT2D eigenvalue weighted by molar-refractivity contribution is 5.95. The van der Waals surface area contributed by atoms with Crippen LogP contribution in [0.2, 0.25) is 0 Å². The molecule has 0 saturated carbocycles. The van der Waals surface area contributed by atoms with Crippen LogP contribution < -0.4 is 0 Å². The first-order valence-corrected chi connectivity index (χ1v) is 9.00. The molecular formula is C18H24N6O. The van der Waals surface area contributed by atoms with Crippen molar-refractivity contribution in [2.24, 2.45) is 0 Å². The highest BCUT2D eigenvalue weighted by Gasteiger charge is 2.38. The molecule has 0 spiro atoms. The molecule has 0 aliphatic carbocycles. The summed E-state index contributed by atoms with van der Waals surface area (Å²) < 4.78 is 1.62. The van der Waals surface area contributed by atoms with Crippen LogP contribution >= 0.6 is 0 Å². The summed E-state index contributed by atoms with van der Waals surface area (Å²) in [5.74, 6) is 0.147. The second kappa shape index (κ2) is 6.55. The summed E-state index contributed by atoms with van der Waals surface area (Å²) in [7, 11) is 2.18. The van der Waals surface area contributed by atoms with Crippen LogP contribution in [0.25, 0.3) is 5.69 Å². The Balaban J connectivity index is 1.57. The van der Waals surface area contributed by atoms with Crippen LogP contribution in [-0.4, -0.2) is 68.1 Å². The molecule has 2 aromatic rings. The van der Waals surface area contributed by atoms with E-state index in [1.165, 1.54) is 12.8 Å². The molecule has 2 aliphatic rings. The summed E-state index contributed by atoms with van der Waals surface area (Å²) in [6, 6.07) is 6.62. The number of nitrogens with zero attached hydrogens (tertiary/aromatic N) is 6. The standard InChI is InChI=1S/C18H24N6O/c1-13-11-14(7-8-15(13)24-12-19-20-21-24)18(25)23-10-4-6-17(23)16-5-3-9-22(16)2/h7-8,11-12,16-17H,3-6,9-10H2,1-2H3/t16-,17+/m0/s1. The molecule has 2 saturated heterocycles. The molecule has 1 aromatic heterocycles. The van der Waals surface area contributed by atoms with E-state index in [0.29, 0.717) is 12.1 Å². The highest BCUT2D eigenvalue weighted by Crippen LogP contribution is 2.30. The average molecular weight is 340 g/mol. The van der Waals surface area contributed by atoms with Gasteiger partial charge in [-0.25, -0.2) is 4.68 Å². The molecule has 1 aromatic carbocycles. The second-order valence-corrected chi connectivity index (χ2v) is 7.15. The van der Waals surface area contributed by atoms with Gasteiger partial charge in [0.15, 0.2) is 0 Å². The number of aryl methyl sites for hydroxylation is 1. The SMILES string of the molecule is Cc1cc(C(=O)N2CCC[C@@H]2[C@@H]2CCCN2C)ccc1-n1cnnn1. The molecule has 0 N–H and O–H groups in total. The second-order valence-electron chi connectivity index (χ2n) is 7.15. The number of likely N-dealkylation sites (N-methyl/N-ethyl adjacent to an activating group) is 1. The lowest BCUT2D eigenvalue weighted by Gasteiger charge is -2.33. The maximum atomic E-state index is 13.1. The van der Waals surface area contributed by atoms with Crippen molar-refractivity contribution in [3.63, 3.8) is 0 Å². The lowest BCUT2D eigenvalue weighted by Crippen LogP contribution is -2.47. The highest BCUT2D eigenvalue weighted by atomic mass is 16.2. The Morgan fingerprint density at radius 1 is 1.16 bits per heavy atom. The van der Waals surface area contributed by atoms with Crippen LogP contribution in [0.3, 0.4) is 0 Å². The van der Waals surface area contributed by atoms with E-state index in [4.69, 9.17) is 0 Å². The van der Waals surface area contributed by atoms with Crippen LogP contribution in [0.15, 0.2) is 24.5 Å². The minimum absolute atomic E-state index is 0.147. The van der Waals surface area contributed by atoms with Gasteiger partial charge in [0.2, 0.25) is 0 Å². The van der Waals surface area contributed by atoms with Gasteiger partial charge in [-0.2, -0.15) is 0 Å². The summed E-state index contributed by atoms with van der Waals surface area (Å²) in [4.78, 5) is 17.6. The van der Waals surface area contributed by atoms with Gasteiger partial charge in [-0.15, -0.1) is 5.10 Å². The number of hydrogen-bond donors (Lipinski definition) is 0. The normalized spacial score (nSPS) is 24.2. The van der Waals surface area contributed by atoms with Gasteiger partial charge in [-0.05, 0) is 80.4 Å². The van der Waals surface area contributed by atoms with E-state index < -0.39 is 0 Å². The zero-order chi connectivity index (χ0) is 17.4. The zero-order valence-electron chi connectivity index (χ0n) is 14.8. The number of rotatable bonds is 3. The smallest absolute Gasteiger partial charge is 0.254 e. The van der Waals surface area contributed by atoms with Crippen LogP contribution in [0.1, 0.15) is 41.6 Å². The van der Waals surface area contributed by atoms with Crippen molar-refractivity contribution in [2.75, 3.05) is 20.1 Å². The van der Waals surface area contributed by atoms with Crippen molar-refractivity contribution < 1.29 is 4.79 Å². The summed E-state index contributed by atoms with van der Waals surface area (Å²) in [6.45, 7) is 3.99. The van der Waals surface area contributed by atoms with Crippen LogP contribution in [-0.2, 0) is 0 Å². The molecule has 3 heterocycles. The van der Waals surface area contributed by atoms with Crippen LogP contribution in [0, 0.1) is 6.92 Å². The van der Waals surface area contributed by atoms with E-state index in [2.05, 4.69) is 32.4 Å². The maximum absolute atomic E-state index is 13.1. The third-order valence-electron chi connectivity index (χ3n) is 5.62. The number of tetrazole rings is 1. The van der Waals surface area contributed by atoms with Crippen molar-refractivity contribution in [2.45, 2.75) is 44.7 Å². The van der Waals surface area contributed by atoms with Crippen molar-refractivity contribution in [1.82, 2.24) is 30.0 Å². The Hall–Kier alpha value is -2.28. The van der Waals surface area contributed by atoms with Gasteiger partial charge in [0, 0.05) is 24.2 Å². The first kappa shape index (κ1) is 16.2. The Bertz CT molecular complexity index is 759. The quantitative estimate of drug-likeness (QED) is 0.850. The number of amides is 1. The van der Waals surface area contributed by atoms with E-state index in [-0.39, 0.29) is 5.91 Å². The fourth-order valence-corrected chi connectivity index (χ4v) is 4.35. The fraction of sp³-hybridized carbons (Fsp3) is 0.556. The minimum atomic E-state index is 0.147. The minimum Gasteiger partial charge on any atom is -0.334 e. The van der Waals surface area contributed by atoms with Crippen molar-refractivity contribution in [3.8, 4) is 5.69 Å². The maximum Gasteiger partial charge on any atom is 0.254 e. The molecule has 2 atom stereocenters. The van der Waals surface area contributed by atoms with Gasteiger partial charge in [-0.1, -0.05) is 0 Å². The van der Waals surface area contributed by atoms with E-state index in [0.717, 1.165) is 42.7 Å². The predicted octanol–water partition coefficient (Wildman–Crippen LogP) is 1.67. The van der Waals surface area contributed by atoms with Gasteiger partial charge in [0.05, 0.1) is 5.69 Å². The molecule has 2 aliphatic heterocycles. The summed E-state index contributed by atoms with van der Waals surface area (Å²) in [5.41, 5.74) is 2.64. The Morgan fingerprint density at radius 2 is 1.96 bits per heavy atom. The van der Waals surface area contributed by atoms with Gasteiger partial charge in [0.25, 0.3) is 5.91 Å². The molecule has 7 nitrogen and oxygen atoms in total. The Morgan fingerprint density at radius 3 is 2.64 bits per heavy atom. The Kier molecular flexibility index (Phi) is 4.25. The van der Waals surface area contributed by atoms with E-state index in [1.807, 2.05) is 25.1 Å². The summed E-state index contributed by atoms with van der Waals surface area (Å²) >= 11 is 0. The molecule has 0 bridgehead atoms. The van der Waals surface area contributed by atoms with E-state index in [9.17, 15) is 4.79 Å². The molecular weight excluding hydrogens is 316 g/mol. The number of aromatic nitrogens is 4. The van der Waals surface area contributed by atoms with Gasteiger partial charge in [-0.3, -0.25) is 4.79 Å². The number of benzene rings is 1. The third kappa shape index (κ3) is 2.93. The third-order valence-corrected chi connectivity index (χ3v) is 5.62. The lowest BCUT2D eigenvalue weighted by molar-refractivity contribution is 0.0664. The molecule has 2 fully saturated rings. The van der Waals surface area contributed by atoms with Crippen LogP contribution in [0.4, 0.5) is 0 Å². The lowest BCUT2D eigenvalue weighted by atomic mass is 10.0. The zero-order valence-corrected chi connectivity index (χ0v) is 14.8. The van der Waals surface area contributed by atoms with Crippen molar-refractivity contribution in [1.29, 1.82) is 0 Å². The summed E-state index contributed by atoms with van der Waals surface area (Å²) in [6.07, 6.45) is 6.21. The van der Waals surface area contributed by atoms with E-state index in [1.54, 1.807) is 11.0 Å². The van der Waals surface area contributed by atoms with Gasteiger partial charge < -0.3 is 9.80 Å². The average Bonchev–Trinajstić information content (AvgIpc) is 3.35. The monoisotopic (exact) mass is 340 g/mol.